The summed E-state index contributed by atoms with van der Waals surface area (Å²) in [7, 11) is 5.49. The number of benzene rings is 1. The van der Waals surface area contributed by atoms with Gasteiger partial charge < -0.3 is 5.11 Å². The van der Waals surface area contributed by atoms with Gasteiger partial charge in [0.1, 0.15) is 13.6 Å². The van der Waals surface area contributed by atoms with Crippen molar-refractivity contribution in [3.05, 3.63) is 42.5 Å². The lowest BCUT2D eigenvalue weighted by Crippen LogP contribution is -2.00. The van der Waals surface area contributed by atoms with Crippen LogP contribution in [0.5, 0.6) is 5.75 Å². The Hall–Kier alpha value is -1.44. The maximum absolute atomic E-state index is 9.51. The van der Waals surface area contributed by atoms with Gasteiger partial charge in [0.15, 0.2) is 0 Å². The second-order valence-corrected chi connectivity index (χ2v) is 2.80. The van der Waals surface area contributed by atoms with Crippen molar-refractivity contribution in [1.29, 1.82) is 0 Å². The summed E-state index contributed by atoms with van der Waals surface area (Å²) in [6.45, 7) is 5.72. The van der Waals surface area contributed by atoms with Gasteiger partial charge in [-0.3, -0.25) is 0 Å². The molecule has 0 saturated carbocycles. The fraction of sp³-hybridized carbons (Fsp3) is 0.0909. The van der Waals surface area contributed by atoms with Crippen LogP contribution in [0.2, 0.25) is 0 Å². The molecule has 2 heteroatoms. The van der Waals surface area contributed by atoms with E-state index in [-0.39, 0.29) is 5.75 Å². The van der Waals surface area contributed by atoms with Crippen molar-refractivity contribution < 1.29 is 5.11 Å². The minimum absolute atomic E-state index is 0.170. The van der Waals surface area contributed by atoms with Crippen LogP contribution < -0.4 is 5.46 Å². The average molecular weight is 170 g/mol. The lowest BCUT2D eigenvalue weighted by atomic mass is 9.93. The van der Waals surface area contributed by atoms with E-state index < -0.39 is 0 Å². The zero-order valence-corrected chi connectivity index (χ0v) is 7.62. The molecule has 0 fully saturated rings. The monoisotopic (exact) mass is 170 g/mol. The van der Waals surface area contributed by atoms with Crippen molar-refractivity contribution in [2.75, 3.05) is 0 Å². The molecule has 2 radical (unpaired) electrons. The summed E-state index contributed by atoms with van der Waals surface area (Å²) in [5, 5.41) is 9.51. The molecule has 1 rings (SSSR count). The van der Waals surface area contributed by atoms with Gasteiger partial charge in [0.2, 0.25) is 0 Å². The van der Waals surface area contributed by atoms with E-state index in [0.29, 0.717) is 11.0 Å². The molecule has 1 aromatic rings. The van der Waals surface area contributed by atoms with Crippen LogP contribution in [-0.2, 0) is 0 Å². The zero-order valence-electron chi connectivity index (χ0n) is 7.62. The normalized spacial score (nSPS) is 10.5. The highest BCUT2D eigenvalue weighted by Gasteiger charge is 2.01. The largest absolute Gasteiger partial charge is 0.507 e. The Morgan fingerprint density at radius 1 is 1.54 bits per heavy atom. The molecular weight excluding hydrogens is 159 g/mol. The minimum Gasteiger partial charge on any atom is -0.507 e. The van der Waals surface area contributed by atoms with E-state index in [4.69, 9.17) is 7.85 Å². The SMILES string of the molecule is [B]c1ccc(C(=C)/C=C/C)c(O)c1. The van der Waals surface area contributed by atoms with Crippen LogP contribution >= 0.6 is 0 Å². The van der Waals surface area contributed by atoms with E-state index in [0.717, 1.165) is 5.57 Å². The standard InChI is InChI=1S/C11H11BO/c1-3-4-8(2)10-6-5-9(12)7-11(10)13/h3-7,13H,2H2,1H3/b4-3+. The highest BCUT2D eigenvalue weighted by Crippen LogP contribution is 2.22. The van der Waals surface area contributed by atoms with E-state index in [1.807, 2.05) is 19.1 Å². The van der Waals surface area contributed by atoms with Gasteiger partial charge in [-0.1, -0.05) is 36.3 Å². The number of phenolic OH excluding ortho intramolecular Hbond substituents is 1. The Bertz CT molecular complexity index is 353. The fourth-order valence-electron chi connectivity index (χ4n) is 1.11. The summed E-state index contributed by atoms with van der Waals surface area (Å²) in [6, 6.07) is 5.01. The first-order chi connectivity index (χ1) is 6.15. The Morgan fingerprint density at radius 2 is 2.23 bits per heavy atom. The van der Waals surface area contributed by atoms with Crippen LogP contribution in [0.4, 0.5) is 0 Å². The second kappa shape index (κ2) is 3.99. The first kappa shape index (κ1) is 9.65. The maximum atomic E-state index is 9.51. The number of phenols is 1. The summed E-state index contributed by atoms with van der Waals surface area (Å²) in [6.07, 6.45) is 3.71. The van der Waals surface area contributed by atoms with Gasteiger partial charge in [0, 0.05) is 5.56 Å². The predicted molar refractivity (Wildman–Crippen MR) is 57.3 cm³/mol. The zero-order chi connectivity index (χ0) is 9.84. The van der Waals surface area contributed by atoms with Gasteiger partial charge in [0.25, 0.3) is 0 Å². The number of aromatic hydroxyl groups is 1. The Balaban J connectivity index is 3.09. The Morgan fingerprint density at radius 3 is 2.77 bits per heavy atom. The molecular formula is C11H11BO. The van der Waals surface area contributed by atoms with E-state index in [1.54, 1.807) is 12.1 Å². The molecule has 0 aromatic heterocycles. The smallest absolute Gasteiger partial charge is 0.122 e. The van der Waals surface area contributed by atoms with Gasteiger partial charge in [-0.15, -0.1) is 0 Å². The van der Waals surface area contributed by atoms with Gasteiger partial charge in [-0.05, 0) is 18.6 Å². The molecule has 0 spiro atoms. The van der Waals surface area contributed by atoms with Crippen molar-refractivity contribution in [3.63, 3.8) is 0 Å². The van der Waals surface area contributed by atoms with E-state index in [2.05, 4.69) is 6.58 Å². The summed E-state index contributed by atoms with van der Waals surface area (Å²) in [5.74, 6) is 0.170. The van der Waals surface area contributed by atoms with Gasteiger partial charge in [-0.25, -0.2) is 0 Å². The quantitative estimate of drug-likeness (QED) is 0.529. The van der Waals surface area contributed by atoms with Crippen LogP contribution in [0.1, 0.15) is 12.5 Å². The first-order valence-corrected chi connectivity index (χ1v) is 4.05. The maximum Gasteiger partial charge on any atom is 0.122 e. The highest BCUT2D eigenvalue weighted by atomic mass is 16.3. The summed E-state index contributed by atoms with van der Waals surface area (Å²) in [4.78, 5) is 0. The minimum atomic E-state index is 0.170. The molecule has 1 nitrogen and oxygen atoms in total. The lowest BCUT2D eigenvalue weighted by Gasteiger charge is -2.04. The van der Waals surface area contributed by atoms with Crippen molar-refractivity contribution in [2.24, 2.45) is 0 Å². The molecule has 1 aromatic carbocycles. The molecule has 0 heterocycles. The van der Waals surface area contributed by atoms with E-state index in [9.17, 15) is 5.11 Å². The lowest BCUT2D eigenvalue weighted by molar-refractivity contribution is 0.474. The third kappa shape index (κ3) is 2.25. The number of hydrogen-bond acceptors (Lipinski definition) is 1. The van der Waals surface area contributed by atoms with Gasteiger partial charge >= 0.3 is 0 Å². The van der Waals surface area contributed by atoms with Crippen molar-refractivity contribution in [1.82, 2.24) is 0 Å². The second-order valence-electron chi connectivity index (χ2n) is 2.80. The van der Waals surface area contributed by atoms with Gasteiger partial charge in [-0.2, -0.15) is 0 Å². The topological polar surface area (TPSA) is 20.2 Å². The number of rotatable bonds is 2. The summed E-state index contributed by atoms with van der Waals surface area (Å²) >= 11 is 0. The summed E-state index contributed by atoms with van der Waals surface area (Å²) < 4.78 is 0. The number of hydrogen-bond donors (Lipinski definition) is 1. The third-order valence-electron chi connectivity index (χ3n) is 1.74. The van der Waals surface area contributed by atoms with Crippen molar-refractivity contribution in [2.45, 2.75) is 6.92 Å². The number of allylic oxidation sites excluding steroid dienone is 3. The van der Waals surface area contributed by atoms with E-state index >= 15 is 0 Å². The van der Waals surface area contributed by atoms with Crippen molar-refractivity contribution in [3.8, 4) is 5.75 Å². The molecule has 64 valence electrons. The average Bonchev–Trinajstić information content (AvgIpc) is 2.04. The van der Waals surface area contributed by atoms with Gasteiger partial charge in [0.05, 0.1) is 0 Å². The van der Waals surface area contributed by atoms with Crippen LogP contribution in [0.25, 0.3) is 5.57 Å². The molecule has 0 bridgehead atoms. The fourth-order valence-corrected chi connectivity index (χ4v) is 1.11. The molecule has 13 heavy (non-hydrogen) atoms. The van der Waals surface area contributed by atoms with Crippen molar-refractivity contribution >= 4 is 18.9 Å². The molecule has 0 saturated heterocycles. The van der Waals surface area contributed by atoms with Crippen LogP contribution in [0, 0.1) is 0 Å². The predicted octanol–water partition coefficient (Wildman–Crippen LogP) is 1.78. The first-order valence-electron chi connectivity index (χ1n) is 4.05. The van der Waals surface area contributed by atoms with E-state index in [1.165, 1.54) is 6.07 Å². The molecule has 0 unspecified atom stereocenters. The summed E-state index contributed by atoms with van der Waals surface area (Å²) in [5.41, 5.74) is 2.04. The van der Waals surface area contributed by atoms with Crippen LogP contribution in [0.15, 0.2) is 36.9 Å². The molecule has 0 aliphatic heterocycles. The molecule has 1 N–H and O–H groups in total. The molecule has 0 atom stereocenters. The Kier molecular flexibility index (Phi) is 2.96. The van der Waals surface area contributed by atoms with Crippen LogP contribution in [-0.4, -0.2) is 13.0 Å². The Labute approximate surface area is 79.8 Å². The third-order valence-corrected chi connectivity index (χ3v) is 1.74. The molecule has 0 aliphatic carbocycles. The molecule has 0 amide bonds. The highest BCUT2D eigenvalue weighted by molar-refractivity contribution is 6.32. The van der Waals surface area contributed by atoms with Crippen LogP contribution in [0.3, 0.4) is 0 Å². The molecule has 0 aliphatic rings.